The molecule has 37 heavy (non-hydrogen) atoms. The molecule has 5 rings (SSSR count). The van der Waals surface area contributed by atoms with E-state index in [4.69, 9.17) is 24.2 Å². The van der Waals surface area contributed by atoms with Crippen molar-refractivity contribution in [1.82, 2.24) is 19.8 Å². The maximum Gasteiger partial charge on any atom is 0.246 e. The number of fused-ring (bicyclic) bond motifs is 1. The molecule has 3 heterocycles. The molecule has 2 aromatic rings. The Morgan fingerprint density at radius 1 is 0.946 bits per heavy atom. The van der Waals surface area contributed by atoms with Crippen molar-refractivity contribution in [2.75, 3.05) is 65.5 Å². The Morgan fingerprint density at radius 3 is 2.27 bits per heavy atom. The summed E-state index contributed by atoms with van der Waals surface area (Å²) in [7, 11) is 4.73. The standard InChI is InChI=1S/C28H37N5O4/c1-35-24-17-20(18-25(36-2)27(24)37-3)7-8-26(34)32-11-9-21-19-29-28(30-23(21)10-12-32)33-15-13-31(14-16-33)22-5-4-6-22/h7-8,17-19,22H,4-6,9-16H2,1-3H3/b8-7+. The molecule has 198 valence electrons. The van der Waals surface area contributed by atoms with Crippen molar-refractivity contribution in [3.05, 3.63) is 41.2 Å². The van der Waals surface area contributed by atoms with Crippen LogP contribution in [0.2, 0.25) is 0 Å². The van der Waals surface area contributed by atoms with Crippen molar-refractivity contribution in [3.63, 3.8) is 0 Å². The van der Waals surface area contributed by atoms with Gasteiger partial charge >= 0.3 is 0 Å². The molecule has 0 atom stereocenters. The SMILES string of the molecule is COc1cc(/C=C/C(=O)N2CCc3cnc(N4CCN(C5CCC5)CC4)nc3CC2)cc(OC)c1OC. The lowest BCUT2D eigenvalue weighted by Gasteiger charge is -2.43. The van der Waals surface area contributed by atoms with E-state index in [2.05, 4.69) is 9.80 Å². The zero-order valence-corrected chi connectivity index (χ0v) is 22.1. The minimum absolute atomic E-state index is 0.0261. The van der Waals surface area contributed by atoms with Gasteiger partial charge in [-0.05, 0) is 48.6 Å². The zero-order chi connectivity index (χ0) is 25.8. The number of carbonyl (C=O) groups is 1. The molecule has 1 aromatic carbocycles. The Balaban J connectivity index is 1.21. The predicted octanol–water partition coefficient (Wildman–Crippen LogP) is 2.82. The normalized spacial score (nSPS) is 18.8. The first-order valence-corrected chi connectivity index (χ1v) is 13.2. The number of aromatic nitrogens is 2. The molecule has 2 fully saturated rings. The molecule has 0 N–H and O–H groups in total. The number of anilines is 1. The number of hydrogen-bond acceptors (Lipinski definition) is 8. The van der Waals surface area contributed by atoms with Crippen LogP contribution in [-0.2, 0) is 17.6 Å². The summed E-state index contributed by atoms with van der Waals surface area (Å²) in [6.07, 6.45) is 10.9. The van der Waals surface area contributed by atoms with Crippen LogP contribution in [0.3, 0.4) is 0 Å². The van der Waals surface area contributed by atoms with Gasteiger partial charge in [-0.25, -0.2) is 9.97 Å². The fraction of sp³-hybridized carbons (Fsp3) is 0.536. The summed E-state index contributed by atoms with van der Waals surface area (Å²) in [5, 5.41) is 0. The molecule has 1 aliphatic carbocycles. The van der Waals surface area contributed by atoms with Crippen molar-refractivity contribution in [3.8, 4) is 17.2 Å². The highest BCUT2D eigenvalue weighted by atomic mass is 16.5. The molecule has 1 saturated heterocycles. The van der Waals surface area contributed by atoms with E-state index in [0.717, 1.165) is 67.8 Å². The number of methoxy groups -OCH3 is 3. The van der Waals surface area contributed by atoms with Gasteiger partial charge in [0.2, 0.25) is 17.6 Å². The quantitative estimate of drug-likeness (QED) is 0.530. The smallest absolute Gasteiger partial charge is 0.246 e. The maximum absolute atomic E-state index is 13.0. The van der Waals surface area contributed by atoms with Gasteiger partial charge in [-0.1, -0.05) is 6.42 Å². The molecular formula is C28H37N5O4. The Morgan fingerprint density at radius 2 is 1.65 bits per heavy atom. The molecule has 1 aromatic heterocycles. The minimum Gasteiger partial charge on any atom is -0.493 e. The average Bonchev–Trinajstić information content (AvgIpc) is 3.12. The van der Waals surface area contributed by atoms with Crippen LogP contribution in [0.15, 0.2) is 24.4 Å². The molecule has 1 amide bonds. The summed E-state index contributed by atoms with van der Waals surface area (Å²) >= 11 is 0. The van der Waals surface area contributed by atoms with Gasteiger partial charge in [-0.2, -0.15) is 0 Å². The molecule has 2 aliphatic heterocycles. The van der Waals surface area contributed by atoms with E-state index in [0.29, 0.717) is 30.3 Å². The third-order valence-corrected chi connectivity index (χ3v) is 7.82. The third kappa shape index (κ3) is 5.51. The topological polar surface area (TPSA) is 80.3 Å². The van der Waals surface area contributed by atoms with Crippen LogP contribution >= 0.6 is 0 Å². The van der Waals surface area contributed by atoms with Gasteiger partial charge in [0.05, 0.1) is 27.0 Å². The molecule has 1 saturated carbocycles. The summed E-state index contributed by atoms with van der Waals surface area (Å²) in [5.74, 6) is 2.44. The Hall–Kier alpha value is -3.33. The molecule has 0 unspecified atom stereocenters. The van der Waals surface area contributed by atoms with Gasteiger partial charge in [0, 0.05) is 64.0 Å². The second kappa shape index (κ2) is 11.4. The lowest BCUT2D eigenvalue weighted by Crippen LogP contribution is -2.52. The second-order valence-electron chi connectivity index (χ2n) is 9.87. The monoisotopic (exact) mass is 507 g/mol. The maximum atomic E-state index is 13.0. The molecule has 9 heteroatoms. The van der Waals surface area contributed by atoms with Crippen LogP contribution in [0.1, 0.15) is 36.1 Å². The zero-order valence-electron chi connectivity index (χ0n) is 22.1. The Kier molecular flexibility index (Phi) is 7.79. The fourth-order valence-electron chi connectivity index (χ4n) is 5.35. The highest BCUT2D eigenvalue weighted by Crippen LogP contribution is 2.38. The number of carbonyl (C=O) groups excluding carboxylic acids is 1. The van der Waals surface area contributed by atoms with Crippen LogP contribution in [0, 0.1) is 0 Å². The number of rotatable bonds is 7. The highest BCUT2D eigenvalue weighted by molar-refractivity contribution is 5.92. The fourth-order valence-corrected chi connectivity index (χ4v) is 5.35. The first kappa shape index (κ1) is 25.3. The first-order chi connectivity index (χ1) is 18.1. The van der Waals surface area contributed by atoms with Gasteiger partial charge in [0.25, 0.3) is 0 Å². The predicted molar refractivity (Wildman–Crippen MR) is 143 cm³/mol. The number of ether oxygens (including phenoxy) is 3. The van der Waals surface area contributed by atoms with Crippen LogP contribution in [0.5, 0.6) is 17.2 Å². The minimum atomic E-state index is -0.0261. The number of nitrogens with zero attached hydrogens (tertiary/aromatic N) is 5. The van der Waals surface area contributed by atoms with Gasteiger partial charge in [0.1, 0.15) is 0 Å². The van der Waals surface area contributed by atoms with Gasteiger partial charge < -0.3 is 24.0 Å². The van der Waals surface area contributed by atoms with Crippen LogP contribution < -0.4 is 19.1 Å². The lowest BCUT2D eigenvalue weighted by atomic mass is 9.91. The van der Waals surface area contributed by atoms with E-state index < -0.39 is 0 Å². The number of piperazine rings is 1. The van der Waals surface area contributed by atoms with E-state index in [1.807, 2.05) is 23.2 Å². The first-order valence-electron chi connectivity index (χ1n) is 13.2. The number of benzene rings is 1. The summed E-state index contributed by atoms with van der Waals surface area (Å²) in [6, 6.07) is 4.44. The van der Waals surface area contributed by atoms with Crippen LogP contribution in [0.4, 0.5) is 5.95 Å². The van der Waals surface area contributed by atoms with Gasteiger partial charge in [0.15, 0.2) is 11.5 Å². The third-order valence-electron chi connectivity index (χ3n) is 7.82. The Labute approximate surface area is 219 Å². The van der Waals surface area contributed by atoms with Crippen molar-refractivity contribution in [2.45, 2.75) is 38.1 Å². The van der Waals surface area contributed by atoms with Crippen molar-refractivity contribution in [1.29, 1.82) is 0 Å². The van der Waals surface area contributed by atoms with Crippen LogP contribution in [-0.4, -0.2) is 92.3 Å². The molecule has 0 spiro atoms. The van der Waals surface area contributed by atoms with E-state index in [9.17, 15) is 4.79 Å². The van der Waals surface area contributed by atoms with Crippen LogP contribution in [0.25, 0.3) is 6.08 Å². The van der Waals surface area contributed by atoms with E-state index in [1.54, 1.807) is 33.5 Å². The molecule has 9 nitrogen and oxygen atoms in total. The second-order valence-corrected chi connectivity index (χ2v) is 9.87. The molecule has 0 bridgehead atoms. The summed E-state index contributed by atoms with van der Waals surface area (Å²) < 4.78 is 16.2. The number of hydrogen-bond donors (Lipinski definition) is 0. The number of amides is 1. The Bertz CT molecular complexity index is 1120. The van der Waals surface area contributed by atoms with E-state index in [1.165, 1.54) is 19.3 Å². The highest BCUT2D eigenvalue weighted by Gasteiger charge is 2.29. The summed E-state index contributed by atoms with van der Waals surface area (Å²) in [6.45, 7) is 5.42. The summed E-state index contributed by atoms with van der Waals surface area (Å²) in [5.41, 5.74) is 3.00. The van der Waals surface area contributed by atoms with Crippen molar-refractivity contribution >= 4 is 17.9 Å². The van der Waals surface area contributed by atoms with E-state index >= 15 is 0 Å². The van der Waals surface area contributed by atoms with E-state index in [-0.39, 0.29) is 5.91 Å². The summed E-state index contributed by atoms with van der Waals surface area (Å²) in [4.78, 5) is 29.5. The van der Waals surface area contributed by atoms with Gasteiger partial charge in [-0.3, -0.25) is 9.69 Å². The lowest BCUT2D eigenvalue weighted by molar-refractivity contribution is -0.125. The van der Waals surface area contributed by atoms with Crippen molar-refractivity contribution < 1.29 is 19.0 Å². The van der Waals surface area contributed by atoms with Crippen molar-refractivity contribution in [2.24, 2.45) is 0 Å². The molecule has 0 radical (unpaired) electrons. The average molecular weight is 508 g/mol. The molecular weight excluding hydrogens is 470 g/mol. The largest absolute Gasteiger partial charge is 0.493 e. The van der Waals surface area contributed by atoms with Gasteiger partial charge in [-0.15, -0.1) is 0 Å². The molecule has 3 aliphatic rings.